The monoisotopic (exact) mass is 227 g/mol. The summed E-state index contributed by atoms with van der Waals surface area (Å²) >= 11 is 0. The molecule has 0 bridgehead atoms. The lowest BCUT2D eigenvalue weighted by atomic mass is 9.87. The number of aryl methyl sites for hydroxylation is 2. The second-order valence-corrected chi connectivity index (χ2v) is 4.42. The number of aromatic nitrogens is 3. The van der Waals surface area contributed by atoms with Gasteiger partial charge >= 0.3 is 0 Å². The van der Waals surface area contributed by atoms with E-state index in [2.05, 4.69) is 10.3 Å². The molecule has 0 amide bonds. The van der Waals surface area contributed by atoms with Crippen LogP contribution in [0.4, 0.5) is 0 Å². The molecule has 86 valence electrons. The van der Waals surface area contributed by atoms with Crippen LogP contribution in [0.2, 0.25) is 0 Å². The van der Waals surface area contributed by atoms with Crippen LogP contribution in [0.3, 0.4) is 0 Å². The molecule has 0 saturated heterocycles. The number of benzene rings is 1. The Hall–Kier alpha value is -1.97. The van der Waals surface area contributed by atoms with Gasteiger partial charge in [0.15, 0.2) is 5.78 Å². The number of hydrogen-bond acceptors (Lipinski definition) is 3. The minimum absolute atomic E-state index is 0.150. The highest BCUT2D eigenvalue weighted by Gasteiger charge is 2.28. The number of carbonyl (C=O) groups is 1. The summed E-state index contributed by atoms with van der Waals surface area (Å²) in [7, 11) is 0. The van der Waals surface area contributed by atoms with Gasteiger partial charge in [0.1, 0.15) is 6.04 Å². The van der Waals surface area contributed by atoms with Gasteiger partial charge in [0.2, 0.25) is 0 Å². The summed E-state index contributed by atoms with van der Waals surface area (Å²) in [4.78, 5) is 12.3. The Balaban J connectivity index is 1.99. The van der Waals surface area contributed by atoms with Crippen LogP contribution in [0.15, 0.2) is 30.5 Å². The summed E-state index contributed by atoms with van der Waals surface area (Å²) in [6.45, 7) is 1.88. The van der Waals surface area contributed by atoms with E-state index in [1.54, 1.807) is 4.68 Å². The molecule has 1 heterocycles. The zero-order valence-corrected chi connectivity index (χ0v) is 9.63. The molecule has 0 aliphatic heterocycles. The predicted octanol–water partition coefficient (Wildman–Crippen LogP) is 1.96. The molecule has 0 saturated carbocycles. The molecule has 2 aromatic rings. The molecule has 1 atom stereocenters. The van der Waals surface area contributed by atoms with Crippen molar-refractivity contribution in [2.45, 2.75) is 25.8 Å². The molecule has 0 radical (unpaired) electrons. The molecule has 17 heavy (non-hydrogen) atoms. The predicted molar refractivity (Wildman–Crippen MR) is 62.9 cm³/mol. The van der Waals surface area contributed by atoms with Crippen molar-refractivity contribution in [1.82, 2.24) is 15.0 Å². The number of nitrogens with zero attached hydrogens (tertiary/aromatic N) is 3. The number of ketones is 1. The topological polar surface area (TPSA) is 47.8 Å². The van der Waals surface area contributed by atoms with Crippen LogP contribution in [0.5, 0.6) is 0 Å². The van der Waals surface area contributed by atoms with Gasteiger partial charge in [-0.3, -0.25) is 4.79 Å². The molecule has 0 N–H and O–H groups in total. The van der Waals surface area contributed by atoms with Crippen molar-refractivity contribution in [3.05, 3.63) is 47.3 Å². The first-order valence-corrected chi connectivity index (χ1v) is 5.76. The third-order valence-electron chi connectivity index (χ3n) is 3.22. The molecular formula is C13H13N3O. The van der Waals surface area contributed by atoms with E-state index in [4.69, 9.17) is 0 Å². The summed E-state index contributed by atoms with van der Waals surface area (Å²) in [5.41, 5.74) is 2.82. The molecule has 0 fully saturated rings. The Morgan fingerprint density at radius 1 is 1.35 bits per heavy atom. The maximum absolute atomic E-state index is 12.3. The number of fused-ring (bicyclic) bond motifs is 1. The quantitative estimate of drug-likeness (QED) is 0.748. The molecule has 1 aliphatic carbocycles. The van der Waals surface area contributed by atoms with Gasteiger partial charge in [0, 0.05) is 11.8 Å². The Labute approximate surface area is 99.3 Å². The van der Waals surface area contributed by atoms with Crippen molar-refractivity contribution >= 4 is 5.78 Å². The fraction of sp³-hybridized carbons (Fsp3) is 0.308. The minimum Gasteiger partial charge on any atom is -0.292 e. The first-order chi connectivity index (χ1) is 8.25. The second kappa shape index (κ2) is 3.80. The van der Waals surface area contributed by atoms with E-state index < -0.39 is 0 Å². The van der Waals surface area contributed by atoms with Crippen molar-refractivity contribution < 1.29 is 4.79 Å². The molecule has 1 aliphatic rings. The van der Waals surface area contributed by atoms with Gasteiger partial charge in [-0.05, 0) is 25.3 Å². The SMILES string of the molecule is Cc1cn(C2CCc3ccccc3C2=O)nn1. The number of rotatable bonds is 1. The van der Waals surface area contributed by atoms with Crippen LogP contribution >= 0.6 is 0 Å². The molecule has 3 rings (SSSR count). The van der Waals surface area contributed by atoms with Gasteiger partial charge < -0.3 is 0 Å². The smallest absolute Gasteiger partial charge is 0.187 e. The van der Waals surface area contributed by atoms with Crippen LogP contribution in [-0.4, -0.2) is 20.8 Å². The third-order valence-corrected chi connectivity index (χ3v) is 3.22. The summed E-state index contributed by atoms with van der Waals surface area (Å²) < 4.78 is 1.69. The molecule has 0 spiro atoms. The van der Waals surface area contributed by atoms with Crippen molar-refractivity contribution in [1.29, 1.82) is 0 Å². The molecule has 4 heteroatoms. The third kappa shape index (κ3) is 1.65. The Morgan fingerprint density at radius 3 is 2.94 bits per heavy atom. The highest BCUT2D eigenvalue weighted by molar-refractivity contribution is 6.01. The van der Waals surface area contributed by atoms with Gasteiger partial charge in [-0.15, -0.1) is 5.10 Å². The summed E-state index contributed by atoms with van der Waals surface area (Å²) in [6, 6.07) is 7.62. The molecular weight excluding hydrogens is 214 g/mol. The summed E-state index contributed by atoms with van der Waals surface area (Å²) in [5, 5.41) is 7.95. The Kier molecular flexibility index (Phi) is 2.28. The minimum atomic E-state index is -0.189. The van der Waals surface area contributed by atoms with Gasteiger partial charge in [-0.2, -0.15) is 0 Å². The maximum atomic E-state index is 12.3. The fourth-order valence-corrected chi connectivity index (χ4v) is 2.35. The zero-order chi connectivity index (χ0) is 11.8. The van der Waals surface area contributed by atoms with Crippen molar-refractivity contribution in [3.8, 4) is 0 Å². The normalized spacial score (nSPS) is 19.1. The lowest BCUT2D eigenvalue weighted by molar-refractivity contribution is 0.0898. The van der Waals surface area contributed by atoms with Crippen LogP contribution in [0.1, 0.15) is 34.1 Å². The van der Waals surface area contributed by atoms with E-state index in [1.165, 1.54) is 0 Å². The van der Waals surface area contributed by atoms with E-state index in [0.29, 0.717) is 0 Å². The average molecular weight is 227 g/mol. The van der Waals surface area contributed by atoms with E-state index in [9.17, 15) is 4.79 Å². The maximum Gasteiger partial charge on any atom is 0.187 e. The van der Waals surface area contributed by atoms with Gasteiger partial charge in [-0.25, -0.2) is 4.68 Å². The van der Waals surface area contributed by atoms with Crippen molar-refractivity contribution in [2.75, 3.05) is 0 Å². The van der Waals surface area contributed by atoms with E-state index in [1.807, 2.05) is 37.4 Å². The van der Waals surface area contributed by atoms with Crippen LogP contribution in [0.25, 0.3) is 0 Å². The highest BCUT2D eigenvalue weighted by Crippen LogP contribution is 2.28. The van der Waals surface area contributed by atoms with Crippen LogP contribution in [0, 0.1) is 6.92 Å². The molecule has 1 unspecified atom stereocenters. The van der Waals surface area contributed by atoms with Gasteiger partial charge in [-0.1, -0.05) is 29.5 Å². The zero-order valence-electron chi connectivity index (χ0n) is 9.63. The highest BCUT2D eigenvalue weighted by atomic mass is 16.1. The lowest BCUT2D eigenvalue weighted by Gasteiger charge is -2.22. The summed E-state index contributed by atoms with van der Waals surface area (Å²) in [6.07, 6.45) is 3.56. The van der Waals surface area contributed by atoms with E-state index in [-0.39, 0.29) is 11.8 Å². The Bertz CT molecular complexity index is 574. The van der Waals surface area contributed by atoms with Crippen LogP contribution in [-0.2, 0) is 6.42 Å². The van der Waals surface area contributed by atoms with Gasteiger partial charge in [0.05, 0.1) is 5.69 Å². The largest absolute Gasteiger partial charge is 0.292 e. The lowest BCUT2D eigenvalue weighted by Crippen LogP contribution is -2.26. The van der Waals surface area contributed by atoms with Crippen molar-refractivity contribution in [3.63, 3.8) is 0 Å². The molecule has 1 aromatic heterocycles. The van der Waals surface area contributed by atoms with E-state index in [0.717, 1.165) is 29.7 Å². The number of Topliss-reactive ketones (excluding diaryl/α,β-unsaturated/α-hetero) is 1. The van der Waals surface area contributed by atoms with Crippen LogP contribution < -0.4 is 0 Å². The fourth-order valence-electron chi connectivity index (χ4n) is 2.35. The number of carbonyl (C=O) groups excluding carboxylic acids is 1. The number of hydrogen-bond donors (Lipinski definition) is 0. The second-order valence-electron chi connectivity index (χ2n) is 4.42. The van der Waals surface area contributed by atoms with E-state index >= 15 is 0 Å². The molecule has 1 aromatic carbocycles. The average Bonchev–Trinajstić information content (AvgIpc) is 2.77. The summed E-state index contributed by atoms with van der Waals surface area (Å²) in [5.74, 6) is 0.150. The van der Waals surface area contributed by atoms with Crippen molar-refractivity contribution in [2.24, 2.45) is 0 Å². The Morgan fingerprint density at radius 2 is 2.18 bits per heavy atom. The molecule has 4 nitrogen and oxygen atoms in total. The first-order valence-electron chi connectivity index (χ1n) is 5.76. The van der Waals surface area contributed by atoms with Gasteiger partial charge in [0.25, 0.3) is 0 Å². The first kappa shape index (κ1) is 10.2. The standard InChI is InChI=1S/C13H13N3O/c1-9-8-16(15-14-9)12-7-6-10-4-2-3-5-11(10)13(12)17/h2-5,8,12H,6-7H2,1H3.